The van der Waals surface area contributed by atoms with Gasteiger partial charge >= 0.3 is 5.97 Å². The number of nitrogens with one attached hydrogen (secondary N) is 1. The predicted octanol–water partition coefficient (Wildman–Crippen LogP) is 4.15. The van der Waals surface area contributed by atoms with E-state index < -0.39 is 11.4 Å². The number of hydrogen-bond donors (Lipinski definition) is 2. The van der Waals surface area contributed by atoms with E-state index in [0.717, 1.165) is 49.7 Å². The number of carboxylic acid groups (broad SMARTS) is 1. The van der Waals surface area contributed by atoms with Crippen molar-refractivity contribution in [3.05, 3.63) is 48.9 Å². The molecule has 2 atom stereocenters. The first-order valence-electron chi connectivity index (χ1n) is 13.5. The average molecular weight is 534 g/mol. The lowest BCUT2D eigenvalue weighted by Gasteiger charge is -2.38. The molecule has 11 nitrogen and oxygen atoms in total. The van der Waals surface area contributed by atoms with Gasteiger partial charge in [0, 0.05) is 25.8 Å². The first-order chi connectivity index (χ1) is 18.9. The number of benzene rings is 1. The van der Waals surface area contributed by atoms with Crippen LogP contribution < -0.4 is 24.6 Å². The molecular formula is C28H35N7O4. The molecule has 0 spiro atoms. The van der Waals surface area contributed by atoms with E-state index in [4.69, 9.17) is 14.5 Å². The van der Waals surface area contributed by atoms with E-state index >= 15 is 0 Å². The van der Waals surface area contributed by atoms with Crippen molar-refractivity contribution in [3.63, 3.8) is 0 Å². The summed E-state index contributed by atoms with van der Waals surface area (Å²) >= 11 is 0. The maximum Gasteiger partial charge on any atom is 0.311 e. The number of ether oxygens (including phenoxy) is 2. The number of rotatable bonds is 9. The van der Waals surface area contributed by atoms with Crippen molar-refractivity contribution in [2.24, 2.45) is 5.41 Å². The SMILES string of the molecule is CCOc1ccccc1O[C@@H]1CCCN(c2cncc(Nc3nccc(N4CCCC(C)(C(=O)O)C4)n3)n2)C1. The third-order valence-corrected chi connectivity index (χ3v) is 7.18. The van der Waals surface area contributed by atoms with Crippen molar-refractivity contribution in [2.45, 2.75) is 45.6 Å². The Morgan fingerprint density at radius 1 is 1.10 bits per heavy atom. The van der Waals surface area contributed by atoms with E-state index in [1.54, 1.807) is 31.6 Å². The molecule has 2 saturated heterocycles. The number of para-hydroxylation sites is 2. The van der Waals surface area contributed by atoms with Crippen LogP contribution in [0.4, 0.5) is 23.4 Å². The molecule has 0 saturated carbocycles. The molecule has 2 fully saturated rings. The van der Waals surface area contributed by atoms with Crippen LogP contribution >= 0.6 is 0 Å². The number of aromatic nitrogens is 4. The van der Waals surface area contributed by atoms with Gasteiger partial charge in [-0.05, 0) is 57.7 Å². The molecule has 4 heterocycles. The molecular weight excluding hydrogens is 498 g/mol. The zero-order valence-electron chi connectivity index (χ0n) is 22.4. The molecule has 1 unspecified atom stereocenters. The van der Waals surface area contributed by atoms with Crippen LogP contribution in [-0.2, 0) is 4.79 Å². The summed E-state index contributed by atoms with van der Waals surface area (Å²) in [6.45, 7) is 7.03. The van der Waals surface area contributed by atoms with Gasteiger partial charge in [-0.3, -0.25) is 9.78 Å². The molecule has 3 aromatic rings. The van der Waals surface area contributed by atoms with Gasteiger partial charge in [-0.15, -0.1) is 0 Å². The number of piperidine rings is 2. The lowest BCUT2D eigenvalue weighted by molar-refractivity contribution is -0.148. The van der Waals surface area contributed by atoms with Gasteiger partial charge in [0.05, 0.1) is 31.0 Å². The molecule has 1 aromatic carbocycles. The van der Waals surface area contributed by atoms with E-state index in [-0.39, 0.29) is 6.10 Å². The molecule has 2 aliphatic heterocycles. The fraction of sp³-hybridized carbons (Fsp3) is 0.464. The largest absolute Gasteiger partial charge is 0.490 e. The Morgan fingerprint density at radius 2 is 1.92 bits per heavy atom. The van der Waals surface area contributed by atoms with Crippen molar-refractivity contribution in [1.82, 2.24) is 19.9 Å². The molecule has 0 amide bonds. The van der Waals surface area contributed by atoms with Crippen molar-refractivity contribution in [2.75, 3.05) is 47.9 Å². The van der Waals surface area contributed by atoms with Crippen molar-refractivity contribution >= 4 is 29.4 Å². The smallest absolute Gasteiger partial charge is 0.311 e. The third-order valence-electron chi connectivity index (χ3n) is 7.18. The fourth-order valence-corrected chi connectivity index (χ4v) is 5.12. The lowest BCUT2D eigenvalue weighted by atomic mass is 9.82. The quantitative estimate of drug-likeness (QED) is 0.412. The molecule has 39 heavy (non-hydrogen) atoms. The molecule has 2 N–H and O–H groups in total. The zero-order valence-corrected chi connectivity index (χ0v) is 22.4. The van der Waals surface area contributed by atoms with Crippen LogP contribution in [0.2, 0.25) is 0 Å². The number of carboxylic acids is 1. The summed E-state index contributed by atoms with van der Waals surface area (Å²) < 4.78 is 12.0. The monoisotopic (exact) mass is 533 g/mol. The van der Waals surface area contributed by atoms with Crippen LogP contribution in [0.5, 0.6) is 11.5 Å². The third kappa shape index (κ3) is 6.30. The highest BCUT2D eigenvalue weighted by atomic mass is 16.5. The fourth-order valence-electron chi connectivity index (χ4n) is 5.12. The van der Waals surface area contributed by atoms with Crippen LogP contribution in [0.15, 0.2) is 48.9 Å². The van der Waals surface area contributed by atoms with Crippen molar-refractivity contribution in [3.8, 4) is 11.5 Å². The Kier molecular flexibility index (Phi) is 7.94. The summed E-state index contributed by atoms with van der Waals surface area (Å²) in [6, 6.07) is 9.56. The van der Waals surface area contributed by atoms with E-state index in [1.807, 2.05) is 36.1 Å². The Hall–Kier alpha value is -4.15. The normalized spacial score (nSPS) is 21.3. The summed E-state index contributed by atoms with van der Waals surface area (Å²) in [5.74, 6) is 3.07. The van der Waals surface area contributed by atoms with Crippen LogP contribution in [-0.4, -0.2) is 69.9 Å². The van der Waals surface area contributed by atoms with Crippen molar-refractivity contribution in [1.29, 1.82) is 0 Å². The highest BCUT2D eigenvalue weighted by Gasteiger charge is 2.38. The topological polar surface area (TPSA) is 126 Å². The number of carbonyl (C=O) groups is 1. The zero-order chi connectivity index (χ0) is 27.2. The second-order valence-electron chi connectivity index (χ2n) is 10.2. The minimum Gasteiger partial charge on any atom is -0.490 e. The van der Waals surface area contributed by atoms with Gasteiger partial charge in [-0.1, -0.05) is 12.1 Å². The van der Waals surface area contributed by atoms with E-state index in [0.29, 0.717) is 43.7 Å². The molecule has 5 rings (SSSR count). The number of nitrogens with zero attached hydrogens (tertiary/aromatic N) is 6. The van der Waals surface area contributed by atoms with Gasteiger partial charge in [-0.25, -0.2) is 9.97 Å². The van der Waals surface area contributed by atoms with Gasteiger partial charge in [0.15, 0.2) is 17.3 Å². The van der Waals surface area contributed by atoms with Gasteiger partial charge in [0.1, 0.15) is 17.7 Å². The molecule has 11 heteroatoms. The maximum atomic E-state index is 11.8. The Bertz CT molecular complexity index is 1290. The Morgan fingerprint density at radius 3 is 2.74 bits per heavy atom. The van der Waals surface area contributed by atoms with Crippen LogP contribution in [0.1, 0.15) is 39.5 Å². The first-order valence-corrected chi connectivity index (χ1v) is 13.5. The molecule has 206 valence electrons. The minimum atomic E-state index is -0.794. The molecule has 2 aliphatic rings. The van der Waals surface area contributed by atoms with Crippen LogP contribution in [0.3, 0.4) is 0 Å². The van der Waals surface area contributed by atoms with Gasteiger partial charge in [0.25, 0.3) is 0 Å². The molecule has 0 radical (unpaired) electrons. The van der Waals surface area contributed by atoms with Crippen LogP contribution in [0, 0.1) is 5.41 Å². The highest BCUT2D eigenvalue weighted by Crippen LogP contribution is 2.33. The number of aliphatic carboxylic acids is 1. The minimum absolute atomic E-state index is 0.000170. The van der Waals surface area contributed by atoms with Gasteiger partial charge in [0.2, 0.25) is 5.95 Å². The maximum absolute atomic E-state index is 11.8. The van der Waals surface area contributed by atoms with E-state index in [1.165, 1.54) is 0 Å². The summed E-state index contributed by atoms with van der Waals surface area (Å²) in [6.07, 6.45) is 8.41. The van der Waals surface area contributed by atoms with Crippen molar-refractivity contribution < 1.29 is 19.4 Å². The summed E-state index contributed by atoms with van der Waals surface area (Å²) in [5.41, 5.74) is -0.794. The van der Waals surface area contributed by atoms with Crippen LogP contribution in [0.25, 0.3) is 0 Å². The van der Waals surface area contributed by atoms with E-state index in [9.17, 15) is 9.90 Å². The average Bonchev–Trinajstić information content (AvgIpc) is 2.95. The summed E-state index contributed by atoms with van der Waals surface area (Å²) in [4.78, 5) is 34.1. The lowest BCUT2D eigenvalue weighted by Crippen LogP contribution is -2.46. The second-order valence-corrected chi connectivity index (χ2v) is 10.2. The summed E-state index contributed by atoms with van der Waals surface area (Å²) in [5, 5.41) is 12.8. The molecule has 0 aliphatic carbocycles. The standard InChI is InChI=1S/C28H35N7O4/c1-3-38-21-9-4-5-10-22(21)39-20-8-6-14-34(18-20)25-17-29-16-23(31-25)32-27-30-13-11-24(33-27)35-15-7-12-28(2,19-35)26(36)37/h4-5,9-11,13,16-17,20H,3,6-8,12,14-15,18-19H2,1-2H3,(H,36,37)(H,30,31,32,33)/t20-,28?/m1/s1. The van der Waals surface area contributed by atoms with Gasteiger partial charge in [-0.2, -0.15) is 4.98 Å². The number of anilines is 4. The highest BCUT2D eigenvalue weighted by molar-refractivity contribution is 5.75. The molecule has 0 bridgehead atoms. The van der Waals surface area contributed by atoms with Gasteiger partial charge < -0.3 is 29.7 Å². The second kappa shape index (κ2) is 11.7. The Balaban J connectivity index is 1.25. The predicted molar refractivity (Wildman–Crippen MR) is 148 cm³/mol. The summed E-state index contributed by atoms with van der Waals surface area (Å²) in [7, 11) is 0. The molecule has 2 aromatic heterocycles. The first kappa shape index (κ1) is 26.5. The van der Waals surface area contributed by atoms with E-state index in [2.05, 4.69) is 25.2 Å². The Labute approximate surface area is 228 Å². The number of hydrogen-bond acceptors (Lipinski definition) is 10.